The number of fused-ring (bicyclic) bond motifs is 3. The maximum atomic E-state index is 6.07. The van der Waals surface area contributed by atoms with Crippen molar-refractivity contribution in [3.8, 4) is 0 Å². The Hall–Kier alpha value is -1.90. The van der Waals surface area contributed by atoms with Crippen molar-refractivity contribution in [2.75, 3.05) is 5.73 Å². The van der Waals surface area contributed by atoms with E-state index in [1.807, 2.05) is 0 Å². The molecule has 2 N–H and O–H groups in total. The lowest BCUT2D eigenvalue weighted by molar-refractivity contribution is 0.358. The van der Waals surface area contributed by atoms with E-state index in [-0.39, 0.29) is 0 Å². The molecular weight excluding hydrogens is 294 g/mol. The monoisotopic (exact) mass is 323 g/mol. The molecule has 1 aromatic heterocycles. The first-order chi connectivity index (χ1) is 11.3. The fraction of sp³-hybridized carbons (Fsp3) is 0.524. The first-order valence-electron chi connectivity index (χ1n) is 9.09. The van der Waals surface area contributed by atoms with Crippen LogP contribution in [0, 0.1) is 5.41 Å². The molecule has 3 nitrogen and oxygen atoms in total. The molecule has 1 aliphatic rings. The summed E-state index contributed by atoms with van der Waals surface area (Å²) in [6, 6.07) is 6.62. The molecule has 0 aliphatic carbocycles. The van der Waals surface area contributed by atoms with Gasteiger partial charge in [-0.2, -0.15) is 0 Å². The highest BCUT2D eigenvalue weighted by Gasteiger charge is 2.19. The molecule has 0 saturated heterocycles. The van der Waals surface area contributed by atoms with Crippen molar-refractivity contribution in [2.24, 2.45) is 10.4 Å². The van der Waals surface area contributed by atoms with Crippen LogP contribution in [0.4, 0.5) is 11.5 Å². The van der Waals surface area contributed by atoms with Gasteiger partial charge in [-0.05, 0) is 54.9 Å². The highest BCUT2D eigenvalue weighted by Crippen LogP contribution is 2.37. The van der Waals surface area contributed by atoms with Crippen LogP contribution < -0.4 is 5.73 Å². The van der Waals surface area contributed by atoms with Gasteiger partial charge in [-0.15, -0.1) is 0 Å². The van der Waals surface area contributed by atoms with E-state index < -0.39 is 0 Å². The average molecular weight is 323 g/mol. The maximum absolute atomic E-state index is 6.07. The molecule has 0 fully saturated rings. The third kappa shape index (κ3) is 3.77. The molecule has 3 rings (SSSR count). The number of aliphatic imine (C=N–C) groups is 1. The molecule has 0 spiro atoms. The minimum atomic E-state index is 0.451. The molecule has 3 heteroatoms. The van der Waals surface area contributed by atoms with E-state index in [1.165, 1.54) is 42.2 Å². The van der Waals surface area contributed by atoms with Crippen LogP contribution >= 0.6 is 0 Å². The second-order valence-electron chi connectivity index (χ2n) is 8.32. The Morgan fingerprint density at radius 3 is 2.67 bits per heavy atom. The lowest BCUT2D eigenvalue weighted by Gasteiger charge is -2.17. The summed E-state index contributed by atoms with van der Waals surface area (Å²) in [5, 5.41) is 1.23. The molecule has 0 saturated carbocycles. The van der Waals surface area contributed by atoms with Crippen LogP contribution in [0.25, 0.3) is 10.9 Å². The normalized spacial score (nSPS) is 14.1. The zero-order valence-electron chi connectivity index (χ0n) is 15.4. The summed E-state index contributed by atoms with van der Waals surface area (Å²) in [5.41, 5.74) is 12.2. The lowest BCUT2D eigenvalue weighted by Crippen LogP contribution is -2.04. The van der Waals surface area contributed by atoms with Gasteiger partial charge in [0.2, 0.25) is 0 Å². The Morgan fingerprint density at radius 1 is 1.12 bits per heavy atom. The van der Waals surface area contributed by atoms with E-state index in [1.54, 1.807) is 0 Å². The van der Waals surface area contributed by atoms with Gasteiger partial charge in [-0.3, -0.25) is 4.99 Å². The number of anilines is 1. The summed E-state index contributed by atoms with van der Waals surface area (Å²) < 4.78 is 0. The van der Waals surface area contributed by atoms with E-state index in [4.69, 9.17) is 5.73 Å². The number of nitrogens with two attached hydrogens (primary N) is 1. The van der Waals surface area contributed by atoms with E-state index in [0.29, 0.717) is 11.2 Å². The molecule has 1 aliphatic heterocycles. The Balaban J connectivity index is 1.71. The number of aromatic nitrogens is 1. The lowest BCUT2D eigenvalue weighted by atomic mass is 9.89. The molecule has 0 atom stereocenters. The van der Waals surface area contributed by atoms with Crippen molar-refractivity contribution in [1.82, 2.24) is 4.98 Å². The predicted molar refractivity (Wildman–Crippen MR) is 104 cm³/mol. The maximum Gasteiger partial charge on any atom is 0.150 e. The standard InChI is InChI=1S/C21H29N3/c1-14-12-17-16-13-15(8-6-5-7-11-21(2,3)4)9-10-18(16)24-20(22)19(17)23-14/h9-10,13H,5-8,11-12H2,1-4H3,(H2,22,24). The molecule has 2 aromatic rings. The summed E-state index contributed by atoms with van der Waals surface area (Å²) in [5.74, 6) is 0.560. The van der Waals surface area contributed by atoms with Crippen LogP contribution in [0.1, 0.15) is 64.5 Å². The van der Waals surface area contributed by atoms with E-state index >= 15 is 0 Å². The number of hydrogen-bond acceptors (Lipinski definition) is 3. The summed E-state index contributed by atoms with van der Waals surface area (Å²) in [6.45, 7) is 9.02. The molecule has 128 valence electrons. The van der Waals surface area contributed by atoms with Crippen LogP contribution in [-0.4, -0.2) is 10.7 Å². The number of unbranched alkanes of at least 4 members (excludes halogenated alkanes) is 2. The van der Waals surface area contributed by atoms with Gasteiger partial charge in [-0.25, -0.2) is 4.98 Å². The molecule has 0 unspecified atom stereocenters. The average Bonchev–Trinajstić information content (AvgIpc) is 2.89. The van der Waals surface area contributed by atoms with Crippen molar-refractivity contribution in [3.63, 3.8) is 0 Å². The van der Waals surface area contributed by atoms with Gasteiger partial charge in [-0.1, -0.05) is 39.7 Å². The number of rotatable bonds is 5. The predicted octanol–water partition coefficient (Wildman–Crippen LogP) is 5.61. The SMILES string of the molecule is CC1=Nc2c(N)nc3ccc(CCCCCC(C)(C)C)cc3c2C1. The van der Waals surface area contributed by atoms with Crippen LogP contribution in [-0.2, 0) is 12.8 Å². The fourth-order valence-corrected chi connectivity index (χ4v) is 3.49. The number of hydrogen-bond donors (Lipinski definition) is 1. The molecule has 2 heterocycles. The number of pyridine rings is 1. The minimum absolute atomic E-state index is 0.451. The summed E-state index contributed by atoms with van der Waals surface area (Å²) in [7, 11) is 0. The molecule has 1 aromatic carbocycles. The molecular formula is C21H29N3. The largest absolute Gasteiger partial charge is 0.382 e. The highest BCUT2D eigenvalue weighted by atomic mass is 14.9. The van der Waals surface area contributed by atoms with Crippen LogP contribution in [0.3, 0.4) is 0 Å². The number of benzene rings is 1. The van der Waals surface area contributed by atoms with E-state index in [0.717, 1.165) is 29.8 Å². The Bertz CT molecular complexity index is 782. The molecule has 0 radical (unpaired) electrons. The third-order valence-corrected chi connectivity index (χ3v) is 4.78. The quantitative estimate of drug-likeness (QED) is 0.727. The number of nitrogen functional groups attached to an aromatic ring is 1. The first kappa shape index (κ1) is 16.9. The first-order valence-corrected chi connectivity index (χ1v) is 9.09. The van der Waals surface area contributed by atoms with Crippen molar-refractivity contribution in [3.05, 3.63) is 29.3 Å². The van der Waals surface area contributed by atoms with Gasteiger partial charge in [0, 0.05) is 17.5 Å². The minimum Gasteiger partial charge on any atom is -0.382 e. The van der Waals surface area contributed by atoms with Crippen LogP contribution in [0.5, 0.6) is 0 Å². The molecule has 0 bridgehead atoms. The zero-order chi connectivity index (χ0) is 17.3. The second kappa shape index (κ2) is 6.54. The topological polar surface area (TPSA) is 51.3 Å². The van der Waals surface area contributed by atoms with E-state index in [9.17, 15) is 0 Å². The van der Waals surface area contributed by atoms with Gasteiger partial charge >= 0.3 is 0 Å². The van der Waals surface area contributed by atoms with Crippen LogP contribution in [0.2, 0.25) is 0 Å². The second-order valence-corrected chi connectivity index (χ2v) is 8.32. The van der Waals surface area contributed by atoms with Gasteiger partial charge in [0.15, 0.2) is 0 Å². The van der Waals surface area contributed by atoms with Crippen molar-refractivity contribution in [2.45, 2.75) is 66.2 Å². The van der Waals surface area contributed by atoms with Crippen molar-refractivity contribution in [1.29, 1.82) is 0 Å². The number of aryl methyl sites for hydroxylation is 1. The smallest absolute Gasteiger partial charge is 0.150 e. The van der Waals surface area contributed by atoms with Crippen molar-refractivity contribution >= 4 is 28.1 Å². The van der Waals surface area contributed by atoms with Gasteiger partial charge < -0.3 is 5.73 Å². The Kier molecular flexibility index (Phi) is 4.62. The molecule has 24 heavy (non-hydrogen) atoms. The van der Waals surface area contributed by atoms with Gasteiger partial charge in [0.05, 0.1) is 5.52 Å². The Morgan fingerprint density at radius 2 is 1.92 bits per heavy atom. The van der Waals surface area contributed by atoms with E-state index in [2.05, 4.69) is 55.9 Å². The van der Waals surface area contributed by atoms with Gasteiger partial charge in [0.1, 0.15) is 11.5 Å². The third-order valence-electron chi connectivity index (χ3n) is 4.78. The highest BCUT2D eigenvalue weighted by molar-refractivity contribution is 6.02. The summed E-state index contributed by atoms with van der Waals surface area (Å²) in [6.07, 6.45) is 7.21. The van der Waals surface area contributed by atoms with Crippen molar-refractivity contribution < 1.29 is 0 Å². The summed E-state index contributed by atoms with van der Waals surface area (Å²) in [4.78, 5) is 9.10. The van der Waals surface area contributed by atoms with Gasteiger partial charge in [0.25, 0.3) is 0 Å². The van der Waals surface area contributed by atoms with Crippen LogP contribution in [0.15, 0.2) is 23.2 Å². The summed E-state index contributed by atoms with van der Waals surface area (Å²) >= 11 is 0. The molecule has 0 amide bonds. The number of nitrogens with zero attached hydrogens (tertiary/aromatic N) is 2. The zero-order valence-corrected chi connectivity index (χ0v) is 15.4. The Labute approximate surface area is 145 Å². The fourth-order valence-electron chi connectivity index (χ4n) is 3.49.